The van der Waals surface area contributed by atoms with Gasteiger partial charge in [0.25, 0.3) is 0 Å². The number of hydrogen-bond acceptors (Lipinski definition) is 3. The second-order valence-electron chi connectivity index (χ2n) is 3.47. The zero-order chi connectivity index (χ0) is 12.3. The standard InChI is InChI=1S/C11H12ClFO3/c1-6(2)15-10-5-11(16-7(3)14)9(13)4-8(10)12/h4-6H,1-3H3. The topological polar surface area (TPSA) is 35.5 Å². The second-order valence-corrected chi connectivity index (χ2v) is 3.88. The fourth-order valence-corrected chi connectivity index (χ4v) is 1.28. The van der Waals surface area contributed by atoms with E-state index in [0.717, 1.165) is 6.07 Å². The van der Waals surface area contributed by atoms with Gasteiger partial charge in [-0.1, -0.05) is 11.6 Å². The summed E-state index contributed by atoms with van der Waals surface area (Å²) in [5.41, 5.74) is 0. The summed E-state index contributed by atoms with van der Waals surface area (Å²) >= 11 is 5.78. The number of carbonyl (C=O) groups is 1. The quantitative estimate of drug-likeness (QED) is 0.607. The van der Waals surface area contributed by atoms with Crippen molar-refractivity contribution in [3.8, 4) is 11.5 Å². The molecule has 0 fully saturated rings. The summed E-state index contributed by atoms with van der Waals surface area (Å²) in [7, 11) is 0. The first-order valence-electron chi connectivity index (χ1n) is 4.74. The van der Waals surface area contributed by atoms with Crippen LogP contribution in [0.2, 0.25) is 5.02 Å². The molecule has 0 unspecified atom stereocenters. The van der Waals surface area contributed by atoms with Crippen molar-refractivity contribution in [1.29, 1.82) is 0 Å². The minimum Gasteiger partial charge on any atom is -0.489 e. The third-order valence-electron chi connectivity index (χ3n) is 1.60. The molecule has 88 valence electrons. The predicted molar refractivity (Wildman–Crippen MR) is 58.5 cm³/mol. The zero-order valence-electron chi connectivity index (χ0n) is 9.21. The molecule has 0 heterocycles. The lowest BCUT2D eigenvalue weighted by atomic mass is 10.3. The summed E-state index contributed by atoms with van der Waals surface area (Å²) in [5.74, 6) is -1.20. The average molecular weight is 247 g/mol. The Bertz CT molecular complexity index is 404. The Hall–Kier alpha value is -1.29. The molecule has 0 aliphatic carbocycles. The van der Waals surface area contributed by atoms with Crippen LogP contribution in [0.1, 0.15) is 20.8 Å². The minimum absolute atomic E-state index is 0.104. The van der Waals surface area contributed by atoms with Crippen molar-refractivity contribution in [3.63, 3.8) is 0 Å². The third kappa shape index (κ3) is 3.38. The fraction of sp³-hybridized carbons (Fsp3) is 0.364. The van der Waals surface area contributed by atoms with E-state index in [2.05, 4.69) is 4.74 Å². The Labute approximate surface area is 98.1 Å². The Morgan fingerprint density at radius 3 is 2.50 bits per heavy atom. The van der Waals surface area contributed by atoms with Gasteiger partial charge < -0.3 is 9.47 Å². The monoisotopic (exact) mass is 246 g/mol. The van der Waals surface area contributed by atoms with Crippen LogP contribution in [-0.2, 0) is 4.79 Å². The van der Waals surface area contributed by atoms with Gasteiger partial charge in [0, 0.05) is 19.1 Å². The summed E-state index contributed by atoms with van der Waals surface area (Å²) in [5, 5.41) is 0.141. The molecule has 0 aliphatic heterocycles. The normalized spacial score (nSPS) is 10.4. The number of hydrogen-bond donors (Lipinski definition) is 0. The molecule has 3 nitrogen and oxygen atoms in total. The van der Waals surface area contributed by atoms with E-state index in [1.165, 1.54) is 13.0 Å². The maximum atomic E-state index is 13.3. The number of halogens is 2. The summed E-state index contributed by atoms with van der Waals surface area (Å²) in [6, 6.07) is 2.32. The lowest BCUT2D eigenvalue weighted by molar-refractivity contribution is -0.132. The van der Waals surface area contributed by atoms with Crippen LogP contribution in [0.25, 0.3) is 0 Å². The highest BCUT2D eigenvalue weighted by Gasteiger charge is 2.13. The molecule has 0 spiro atoms. The average Bonchev–Trinajstić information content (AvgIpc) is 2.11. The van der Waals surface area contributed by atoms with E-state index >= 15 is 0 Å². The summed E-state index contributed by atoms with van der Waals surface area (Å²) in [6.45, 7) is 4.81. The molecule has 0 aliphatic rings. The Kier molecular flexibility index (Phi) is 4.12. The molecule has 0 saturated carbocycles. The molecule has 0 N–H and O–H groups in total. The van der Waals surface area contributed by atoms with Gasteiger partial charge in [-0.3, -0.25) is 4.79 Å². The van der Waals surface area contributed by atoms with Crippen LogP contribution in [0, 0.1) is 5.82 Å². The molecule has 1 rings (SSSR count). The summed E-state index contributed by atoms with van der Waals surface area (Å²) < 4.78 is 23.3. The molecule has 1 aromatic rings. The summed E-state index contributed by atoms with van der Waals surface area (Å²) in [4.78, 5) is 10.7. The number of carbonyl (C=O) groups excluding carboxylic acids is 1. The van der Waals surface area contributed by atoms with Gasteiger partial charge in [0.1, 0.15) is 5.75 Å². The first kappa shape index (κ1) is 12.8. The number of ether oxygens (including phenoxy) is 2. The van der Waals surface area contributed by atoms with E-state index in [4.69, 9.17) is 16.3 Å². The van der Waals surface area contributed by atoms with Gasteiger partial charge in [0.05, 0.1) is 11.1 Å². The molecule has 0 bridgehead atoms. The van der Waals surface area contributed by atoms with Crippen molar-refractivity contribution >= 4 is 17.6 Å². The molecule has 1 aromatic carbocycles. The van der Waals surface area contributed by atoms with Crippen molar-refractivity contribution in [3.05, 3.63) is 23.0 Å². The minimum atomic E-state index is -0.698. The van der Waals surface area contributed by atoms with Crippen molar-refractivity contribution in [2.45, 2.75) is 26.9 Å². The van der Waals surface area contributed by atoms with Crippen molar-refractivity contribution in [2.24, 2.45) is 0 Å². The molecule has 0 atom stereocenters. The SMILES string of the molecule is CC(=O)Oc1cc(OC(C)C)c(Cl)cc1F. The van der Waals surface area contributed by atoms with Crippen LogP contribution >= 0.6 is 11.6 Å². The number of benzene rings is 1. The molecule has 0 aromatic heterocycles. The van der Waals surface area contributed by atoms with Crippen LogP contribution < -0.4 is 9.47 Å². The van der Waals surface area contributed by atoms with Crippen molar-refractivity contribution < 1.29 is 18.7 Å². The highest BCUT2D eigenvalue weighted by atomic mass is 35.5. The highest BCUT2D eigenvalue weighted by Crippen LogP contribution is 2.32. The molecular weight excluding hydrogens is 235 g/mol. The van der Waals surface area contributed by atoms with Crippen LogP contribution in [0.15, 0.2) is 12.1 Å². The molecule has 0 saturated heterocycles. The number of esters is 1. The molecule has 0 radical (unpaired) electrons. The van der Waals surface area contributed by atoms with E-state index in [1.807, 2.05) is 13.8 Å². The van der Waals surface area contributed by atoms with Crippen LogP contribution in [0.3, 0.4) is 0 Å². The van der Waals surface area contributed by atoms with Crippen molar-refractivity contribution in [2.75, 3.05) is 0 Å². The maximum absolute atomic E-state index is 13.3. The molecule has 5 heteroatoms. The van der Waals surface area contributed by atoms with Gasteiger partial charge in [0.2, 0.25) is 0 Å². The first-order valence-corrected chi connectivity index (χ1v) is 5.12. The van der Waals surface area contributed by atoms with Crippen LogP contribution in [0.5, 0.6) is 11.5 Å². The zero-order valence-corrected chi connectivity index (χ0v) is 9.97. The third-order valence-corrected chi connectivity index (χ3v) is 1.90. The van der Waals surface area contributed by atoms with Gasteiger partial charge in [-0.05, 0) is 13.8 Å². The van der Waals surface area contributed by atoms with Crippen LogP contribution in [0.4, 0.5) is 4.39 Å². The fourth-order valence-electron chi connectivity index (χ4n) is 1.09. The van der Waals surface area contributed by atoms with E-state index in [-0.39, 0.29) is 22.6 Å². The van der Waals surface area contributed by atoms with Crippen molar-refractivity contribution in [1.82, 2.24) is 0 Å². The van der Waals surface area contributed by atoms with E-state index in [1.54, 1.807) is 0 Å². The van der Waals surface area contributed by atoms with Gasteiger partial charge in [-0.2, -0.15) is 0 Å². The van der Waals surface area contributed by atoms with Gasteiger partial charge in [0.15, 0.2) is 11.6 Å². The van der Waals surface area contributed by atoms with Crippen LogP contribution in [-0.4, -0.2) is 12.1 Å². The van der Waals surface area contributed by atoms with Gasteiger partial charge in [-0.15, -0.1) is 0 Å². The van der Waals surface area contributed by atoms with E-state index < -0.39 is 11.8 Å². The molecule has 16 heavy (non-hydrogen) atoms. The second kappa shape index (κ2) is 5.16. The summed E-state index contributed by atoms with van der Waals surface area (Å²) in [6.07, 6.45) is -0.104. The Balaban J connectivity index is 3.05. The van der Waals surface area contributed by atoms with Gasteiger partial charge >= 0.3 is 5.97 Å². The van der Waals surface area contributed by atoms with E-state index in [0.29, 0.717) is 0 Å². The molecular formula is C11H12ClFO3. The maximum Gasteiger partial charge on any atom is 0.308 e. The highest BCUT2D eigenvalue weighted by molar-refractivity contribution is 6.32. The lowest BCUT2D eigenvalue weighted by Gasteiger charge is -2.13. The van der Waals surface area contributed by atoms with Gasteiger partial charge in [-0.25, -0.2) is 4.39 Å². The predicted octanol–water partition coefficient (Wildman–Crippen LogP) is 3.19. The first-order chi connectivity index (χ1) is 7.40. The molecule has 0 amide bonds. The van der Waals surface area contributed by atoms with E-state index in [9.17, 15) is 9.18 Å². The lowest BCUT2D eigenvalue weighted by Crippen LogP contribution is -2.08. The largest absolute Gasteiger partial charge is 0.489 e. The number of rotatable bonds is 3. The Morgan fingerprint density at radius 1 is 1.38 bits per heavy atom. The Morgan fingerprint density at radius 2 is 2.00 bits per heavy atom. The smallest absolute Gasteiger partial charge is 0.308 e.